The van der Waals surface area contributed by atoms with Crippen molar-refractivity contribution in [2.24, 2.45) is 0 Å². The third-order valence-corrected chi connectivity index (χ3v) is 3.50. The molecule has 0 saturated carbocycles. The van der Waals surface area contributed by atoms with E-state index in [9.17, 15) is 9.59 Å². The van der Waals surface area contributed by atoms with E-state index in [1.54, 1.807) is 12.2 Å². The van der Waals surface area contributed by atoms with Crippen molar-refractivity contribution in [2.45, 2.75) is 32.4 Å². The Morgan fingerprint density at radius 1 is 1.32 bits per heavy atom. The van der Waals surface area contributed by atoms with Gasteiger partial charge in [-0.25, -0.2) is 4.79 Å². The first-order valence-electron chi connectivity index (χ1n) is 7.29. The molecule has 1 atom stereocenters. The van der Waals surface area contributed by atoms with Crippen LogP contribution in [0, 0.1) is 0 Å². The Labute approximate surface area is 129 Å². The van der Waals surface area contributed by atoms with Crippen LogP contribution in [0.1, 0.15) is 19.8 Å². The molecule has 0 saturated heterocycles. The number of carboxylic acid groups (broad SMARTS) is 1. The molecule has 2 N–H and O–H groups in total. The maximum absolute atomic E-state index is 11.9. The molecular formula is C17H20N2O3. The van der Waals surface area contributed by atoms with Crippen LogP contribution in [0.4, 0.5) is 0 Å². The number of amides is 1. The molecule has 1 heterocycles. The molecule has 5 nitrogen and oxygen atoms in total. The quantitative estimate of drug-likeness (QED) is 0.772. The van der Waals surface area contributed by atoms with Gasteiger partial charge in [-0.3, -0.25) is 4.79 Å². The highest BCUT2D eigenvalue weighted by Crippen LogP contribution is 2.15. The number of carbonyl (C=O) groups excluding carboxylic acids is 1. The van der Waals surface area contributed by atoms with E-state index in [-0.39, 0.29) is 12.3 Å². The van der Waals surface area contributed by atoms with E-state index < -0.39 is 12.0 Å². The minimum Gasteiger partial charge on any atom is -0.480 e. The standard InChI is InChI=1S/C17H20N2O3/c1-2-3-7-14(17(21)22)18-16(20)10-12-19-11-9-13-6-4-5-8-15(13)19/h2-6,8-9,11,14H,7,10,12H2,1H3,(H,18,20)(H,21,22)/b3-2+. The van der Waals surface area contributed by atoms with E-state index in [2.05, 4.69) is 5.32 Å². The summed E-state index contributed by atoms with van der Waals surface area (Å²) in [5, 5.41) is 12.8. The van der Waals surface area contributed by atoms with Crippen LogP contribution in [0.3, 0.4) is 0 Å². The first-order chi connectivity index (χ1) is 10.6. The monoisotopic (exact) mass is 300 g/mol. The number of allylic oxidation sites excluding steroid dienone is 1. The number of nitrogens with zero attached hydrogens (tertiary/aromatic N) is 1. The predicted molar refractivity (Wildman–Crippen MR) is 85.6 cm³/mol. The smallest absolute Gasteiger partial charge is 0.326 e. The normalized spacial score (nSPS) is 12.6. The highest BCUT2D eigenvalue weighted by molar-refractivity contribution is 5.84. The molecule has 1 aromatic heterocycles. The topological polar surface area (TPSA) is 71.3 Å². The van der Waals surface area contributed by atoms with Gasteiger partial charge < -0.3 is 15.0 Å². The molecule has 5 heteroatoms. The van der Waals surface area contributed by atoms with Gasteiger partial charge in [0.05, 0.1) is 0 Å². The number of hydrogen-bond donors (Lipinski definition) is 2. The Kier molecular flexibility index (Phi) is 5.36. The maximum atomic E-state index is 11.9. The molecule has 0 fully saturated rings. The van der Waals surface area contributed by atoms with E-state index in [1.807, 2.05) is 48.0 Å². The number of hydrogen-bond acceptors (Lipinski definition) is 2. The van der Waals surface area contributed by atoms with Crippen LogP contribution in [0.5, 0.6) is 0 Å². The lowest BCUT2D eigenvalue weighted by Gasteiger charge is -2.13. The number of aliphatic carboxylic acids is 1. The molecule has 1 unspecified atom stereocenters. The lowest BCUT2D eigenvalue weighted by Crippen LogP contribution is -2.40. The minimum absolute atomic E-state index is 0.248. The van der Waals surface area contributed by atoms with Crippen molar-refractivity contribution < 1.29 is 14.7 Å². The molecule has 0 aliphatic rings. The molecule has 0 radical (unpaired) electrons. The van der Waals surface area contributed by atoms with Gasteiger partial charge >= 0.3 is 5.97 Å². The van der Waals surface area contributed by atoms with Crippen LogP contribution in [0.2, 0.25) is 0 Å². The lowest BCUT2D eigenvalue weighted by atomic mass is 10.2. The summed E-state index contributed by atoms with van der Waals surface area (Å²) in [6.45, 7) is 2.34. The highest BCUT2D eigenvalue weighted by atomic mass is 16.4. The summed E-state index contributed by atoms with van der Waals surface area (Å²) in [5.41, 5.74) is 1.07. The maximum Gasteiger partial charge on any atom is 0.326 e. The van der Waals surface area contributed by atoms with Gasteiger partial charge in [0, 0.05) is 24.7 Å². The average molecular weight is 300 g/mol. The molecule has 116 valence electrons. The fourth-order valence-electron chi connectivity index (χ4n) is 2.32. The Morgan fingerprint density at radius 3 is 2.82 bits per heavy atom. The minimum atomic E-state index is -1.02. The molecule has 2 aromatic rings. The zero-order valence-electron chi connectivity index (χ0n) is 12.5. The second-order valence-electron chi connectivity index (χ2n) is 5.08. The molecule has 0 aliphatic carbocycles. The Hall–Kier alpha value is -2.56. The van der Waals surface area contributed by atoms with Gasteiger partial charge in [-0.2, -0.15) is 0 Å². The summed E-state index contributed by atoms with van der Waals surface area (Å²) >= 11 is 0. The molecule has 1 amide bonds. The number of aryl methyl sites for hydroxylation is 1. The Morgan fingerprint density at radius 2 is 2.09 bits per heavy atom. The van der Waals surface area contributed by atoms with Crippen molar-refractivity contribution in [2.75, 3.05) is 0 Å². The molecule has 22 heavy (non-hydrogen) atoms. The van der Waals surface area contributed by atoms with Crippen molar-refractivity contribution in [1.29, 1.82) is 0 Å². The van der Waals surface area contributed by atoms with E-state index in [0.29, 0.717) is 13.0 Å². The van der Waals surface area contributed by atoms with Crippen LogP contribution in [-0.2, 0) is 16.1 Å². The van der Waals surface area contributed by atoms with Crippen molar-refractivity contribution in [1.82, 2.24) is 9.88 Å². The number of para-hydroxylation sites is 1. The van der Waals surface area contributed by atoms with Gasteiger partial charge in [0.15, 0.2) is 0 Å². The van der Waals surface area contributed by atoms with Crippen molar-refractivity contribution in [3.8, 4) is 0 Å². The number of carbonyl (C=O) groups is 2. The fraction of sp³-hybridized carbons (Fsp3) is 0.294. The van der Waals surface area contributed by atoms with E-state index >= 15 is 0 Å². The lowest BCUT2D eigenvalue weighted by molar-refractivity contribution is -0.141. The predicted octanol–water partition coefficient (Wildman–Crippen LogP) is 2.57. The molecule has 0 bridgehead atoms. The molecule has 0 aliphatic heterocycles. The van der Waals surface area contributed by atoms with Gasteiger partial charge in [0.25, 0.3) is 0 Å². The van der Waals surface area contributed by atoms with E-state index in [0.717, 1.165) is 10.9 Å². The third-order valence-electron chi connectivity index (χ3n) is 3.50. The first-order valence-corrected chi connectivity index (χ1v) is 7.29. The van der Waals surface area contributed by atoms with Crippen molar-refractivity contribution in [3.05, 3.63) is 48.7 Å². The van der Waals surface area contributed by atoms with E-state index in [4.69, 9.17) is 5.11 Å². The summed E-state index contributed by atoms with van der Waals surface area (Å²) in [6.07, 6.45) is 5.99. The molecule has 2 rings (SSSR count). The summed E-state index contributed by atoms with van der Waals surface area (Å²) < 4.78 is 2.00. The number of benzene rings is 1. The van der Waals surface area contributed by atoms with Crippen LogP contribution in [-0.4, -0.2) is 27.6 Å². The first kappa shape index (κ1) is 15.8. The van der Waals surface area contributed by atoms with Crippen LogP contribution in [0.15, 0.2) is 48.7 Å². The van der Waals surface area contributed by atoms with Crippen LogP contribution < -0.4 is 5.32 Å². The zero-order valence-corrected chi connectivity index (χ0v) is 12.5. The highest BCUT2D eigenvalue weighted by Gasteiger charge is 2.18. The average Bonchev–Trinajstić information content (AvgIpc) is 2.92. The van der Waals surface area contributed by atoms with Gasteiger partial charge in [0.2, 0.25) is 5.91 Å². The van der Waals surface area contributed by atoms with Gasteiger partial charge in [-0.15, -0.1) is 0 Å². The SMILES string of the molecule is C/C=C/CC(NC(=O)CCn1ccc2ccccc21)C(=O)O. The second kappa shape index (κ2) is 7.45. The number of aromatic nitrogens is 1. The fourth-order valence-corrected chi connectivity index (χ4v) is 2.32. The van der Waals surface area contributed by atoms with Crippen LogP contribution in [0.25, 0.3) is 10.9 Å². The van der Waals surface area contributed by atoms with Gasteiger partial charge in [-0.1, -0.05) is 30.4 Å². The molecular weight excluding hydrogens is 280 g/mol. The van der Waals surface area contributed by atoms with Gasteiger partial charge in [-0.05, 0) is 30.9 Å². The Balaban J connectivity index is 1.93. The van der Waals surface area contributed by atoms with Crippen LogP contribution >= 0.6 is 0 Å². The van der Waals surface area contributed by atoms with Crippen molar-refractivity contribution in [3.63, 3.8) is 0 Å². The van der Waals surface area contributed by atoms with E-state index in [1.165, 1.54) is 0 Å². The number of carboxylic acids is 1. The molecule has 0 spiro atoms. The Bertz CT molecular complexity index is 688. The zero-order chi connectivity index (χ0) is 15.9. The second-order valence-corrected chi connectivity index (χ2v) is 5.08. The third kappa shape index (κ3) is 3.97. The summed E-state index contributed by atoms with van der Waals surface area (Å²) in [6, 6.07) is 9.07. The number of rotatable bonds is 7. The van der Waals surface area contributed by atoms with Gasteiger partial charge in [0.1, 0.15) is 6.04 Å². The number of fused-ring (bicyclic) bond motifs is 1. The summed E-state index contributed by atoms with van der Waals surface area (Å²) in [4.78, 5) is 23.0. The summed E-state index contributed by atoms with van der Waals surface area (Å²) in [5.74, 6) is -1.27. The largest absolute Gasteiger partial charge is 0.480 e. The number of nitrogens with one attached hydrogen (secondary N) is 1. The molecule has 1 aromatic carbocycles. The van der Waals surface area contributed by atoms with Crippen molar-refractivity contribution >= 4 is 22.8 Å². The summed E-state index contributed by atoms with van der Waals surface area (Å²) in [7, 11) is 0.